The molecule has 1 aromatic carbocycles. The average molecular weight is 216 g/mol. The van der Waals surface area contributed by atoms with Gasteiger partial charge in [0.25, 0.3) is 5.69 Å². The first-order valence-electron chi connectivity index (χ1n) is 3.63. The van der Waals surface area contributed by atoms with Gasteiger partial charge in [0.05, 0.1) is 4.92 Å². The summed E-state index contributed by atoms with van der Waals surface area (Å²) in [6.07, 6.45) is 0. The number of halogens is 1. The monoisotopic (exact) mass is 215 g/mol. The molecule has 0 spiro atoms. The smallest absolute Gasteiger partial charge is 0.342 e. The molecule has 0 aliphatic rings. The summed E-state index contributed by atoms with van der Waals surface area (Å²) in [6.45, 7) is 0. The van der Waals surface area contributed by atoms with Crippen LogP contribution in [-0.2, 0) is 5.88 Å². The van der Waals surface area contributed by atoms with Crippen molar-refractivity contribution >= 4 is 23.3 Å². The Morgan fingerprint density at radius 3 is 2.64 bits per heavy atom. The molecule has 0 aliphatic carbocycles. The van der Waals surface area contributed by atoms with Crippen LogP contribution in [0.25, 0.3) is 0 Å². The Labute approximate surface area is 84.1 Å². The van der Waals surface area contributed by atoms with E-state index in [4.69, 9.17) is 16.7 Å². The van der Waals surface area contributed by atoms with Crippen molar-refractivity contribution in [2.75, 3.05) is 0 Å². The maximum atomic E-state index is 10.6. The Balaban J connectivity index is 3.31. The van der Waals surface area contributed by atoms with Crippen LogP contribution in [0.4, 0.5) is 5.69 Å². The standard InChI is InChI=1S/C8H6ClNO4/c9-4-5-1-2-7(10(13)14)6(3-5)8(11)12/h1-3H,4H2,(H,11,12). The van der Waals surface area contributed by atoms with Gasteiger partial charge < -0.3 is 5.11 Å². The second-order valence-corrected chi connectivity index (χ2v) is 2.81. The van der Waals surface area contributed by atoms with E-state index < -0.39 is 16.6 Å². The van der Waals surface area contributed by atoms with Crippen molar-refractivity contribution in [3.8, 4) is 0 Å². The molecule has 74 valence electrons. The summed E-state index contributed by atoms with van der Waals surface area (Å²) in [4.78, 5) is 20.3. The summed E-state index contributed by atoms with van der Waals surface area (Å²) in [5, 5.41) is 19.1. The van der Waals surface area contributed by atoms with Crippen LogP contribution in [0, 0.1) is 10.1 Å². The van der Waals surface area contributed by atoms with Crippen LogP contribution in [0.2, 0.25) is 0 Å². The summed E-state index contributed by atoms with van der Waals surface area (Å²) in [5.41, 5.74) is -0.228. The average Bonchev–Trinajstić information content (AvgIpc) is 2.16. The Morgan fingerprint density at radius 2 is 2.21 bits per heavy atom. The third-order valence-electron chi connectivity index (χ3n) is 1.64. The topological polar surface area (TPSA) is 80.4 Å². The molecule has 1 aromatic rings. The molecule has 0 aromatic heterocycles. The lowest BCUT2D eigenvalue weighted by molar-refractivity contribution is -0.385. The summed E-state index contributed by atoms with van der Waals surface area (Å²) in [6, 6.07) is 3.77. The van der Waals surface area contributed by atoms with E-state index in [1.807, 2.05) is 0 Å². The van der Waals surface area contributed by atoms with Gasteiger partial charge in [-0.1, -0.05) is 6.07 Å². The van der Waals surface area contributed by atoms with Crippen molar-refractivity contribution in [3.63, 3.8) is 0 Å². The highest BCUT2D eigenvalue weighted by molar-refractivity contribution is 6.17. The van der Waals surface area contributed by atoms with Gasteiger partial charge in [-0.15, -0.1) is 11.6 Å². The quantitative estimate of drug-likeness (QED) is 0.475. The van der Waals surface area contributed by atoms with Gasteiger partial charge in [0, 0.05) is 11.9 Å². The lowest BCUT2D eigenvalue weighted by Crippen LogP contribution is -2.03. The summed E-state index contributed by atoms with van der Waals surface area (Å²) < 4.78 is 0. The molecule has 0 unspecified atom stereocenters. The molecule has 5 nitrogen and oxygen atoms in total. The van der Waals surface area contributed by atoms with Gasteiger partial charge in [0.2, 0.25) is 0 Å². The van der Waals surface area contributed by atoms with Crippen LogP contribution in [0.1, 0.15) is 15.9 Å². The first-order chi connectivity index (χ1) is 6.56. The van der Waals surface area contributed by atoms with E-state index in [0.717, 1.165) is 6.07 Å². The van der Waals surface area contributed by atoms with Gasteiger partial charge in [-0.3, -0.25) is 10.1 Å². The fraction of sp³-hybridized carbons (Fsp3) is 0.125. The first-order valence-corrected chi connectivity index (χ1v) is 4.16. The number of nitrogens with zero attached hydrogens (tertiary/aromatic N) is 1. The number of aromatic carboxylic acids is 1. The van der Waals surface area contributed by atoms with Crippen molar-refractivity contribution < 1.29 is 14.8 Å². The number of hydrogen-bond acceptors (Lipinski definition) is 3. The van der Waals surface area contributed by atoms with Gasteiger partial charge in [0.1, 0.15) is 5.56 Å². The van der Waals surface area contributed by atoms with Crippen molar-refractivity contribution in [2.24, 2.45) is 0 Å². The number of carboxylic acids is 1. The van der Waals surface area contributed by atoms with Crippen LogP contribution in [-0.4, -0.2) is 16.0 Å². The maximum Gasteiger partial charge on any atom is 0.342 e. The number of alkyl halides is 1. The molecular weight excluding hydrogens is 210 g/mol. The van der Waals surface area contributed by atoms with Gasteiger partial charge >= 0.3 is 5.97 Å². The molecule has 0 atom stereocenters. The number of benzene rings is 1. The SMILES string of the molecule is O=C(O)c1cc(CCl)ccc1[N+](=O)[O-]. The molecule has 0 amide bonds. The molecule has 14 heavy (non-hydrogen) atoms. The van der Waals surface area contributed by atoms with E-state index in [0.29, 0.717) is 5.56 Å². The van der Waals surface area contributed by atoms with Crippen molar-refractivity contribution in [3.05, 3.63) is 39.4 Å². The van der Waals surface area contributed by atoms with E-state index in [-0.39, 0.29) is 11.4 Å². The third kappa shape index (κ3) is 2.00. The Kier molecular flexibility index (Phi) is 3.03. The molecule has 1 N–H and O–H groups in total. The highest BCUT2D eigenvalue weighted by Crippen LogP contribution is 2.20. The summed E-state index contributed by atoms with van der Waals surface area (Å²) in [5.74, 6) is -1.21. The van der Waals surface area contributed by atoms with Gasteiger partial charge in [-0.25, -0.2) is 4.79 Å². The second-order valence-electron chi connectivity index (χ2n) is 2.55. The normalized spacial score (nSPS) is 9.79. The molecular formula is C8H6ClNO4. The number of carboxylic acid groups (broad SMARTS) is 1. The molecule has 0 saturated heterocycles. The zero-order chi connectivity index (χ0) is 10.7. The van der Waals surface area contributed by atoms with E-state index in [9.17, 15) is 14.9 Å². The van der Waals surface area contributed by atoms with Crippen LogP contribution < -0.4 is 0 Å². The minimum absolute atomic E-state index is 0.123. The van der Waals surface area contributed by atoms with Crippen LogP contribution in [0.15, 0.2) is 18.2 Å². The predicted octanol–water partition coefficient (Wildman–Crippen LogP) is 2.03. The minimum Gasteiger partial charge on any atom is -0.477 e. The predicted molar refractivity (Wildman–Crippen MR) is 49.6 cm³/mol. The lowest BCUT2D eigenvalue weighted by atomic mass is 10.1. The molecule has 0 fully saturated rings. The molecule has 0 saturated carbocycles. The second kappa shape index (κ2) is 4.06. The van der Waals surface area contributed by atoms with E-state index in [2.05, 4.69) is 0 Å². The van der Waals surface area contributed by atoms with Crippen LogP contribution in [0.5, 0.6) is 0 Å². The maximum absolute atomic E-state index is 10.6. The fourth-order valence-electron chi connectivity index (χ4n) is 0.997. The highest BCUT2D eigenvalue weighted by atomic mass is 35.5. The lowest BCUT2D eigenvalue weighted by Gasteiger charge is -1.99. The Morgan fingerprint density at radius 1 is 1.57 bits per heavy atom. The molecule has 0 bridgehead atoms. The van der Waals surface area contributed by atoms with E-state index in [1.54, 1.807) is 0 Å². The van der Waals surface area contributed by atoms with Crippen molar-refractivity contribution in [2.45, 2.75) is 5.88 Å². The van der Waals surface area contributed by atoms with Gasteiger partial charge in [0.15, 0.2) is 0 Å². The largest absolute Gasteiger partial charge is 0.477 e. The van der Waals surface area contributed by atoms with Crippen molar-refractivity contribution in [1.29, 1.82) is 0 Å². The number of rotatable bonds is 3. The van der Waals surface area contributed by atoms with Crippen LogP contribution >= 0.6 is 11.6 Å². The van der Waals surface area contributed by atoms with E-state index >= 15 is 0 Å². The van der Waals surface area contributed by atoms with Gasteiger partial charge in [-0.2, -0.15) is 0 Å². The zero-order valence-electron chi connectivity index (χ0n) is 6.94. The molecule has 0 radical (unpaired) electrons. The number of nitro groups is 1. The molecule has 6 heteroatoms. The molecule has 1 rings (SSSR count). The summed E-state index contributed by atoms with van der Waals surface area (Å²) in [7, 11) is 0. The fourth-order valence-corrected chi connectivity index (χ4v) is 1.16. The zero-order valence-corrected chi connectivity index (χ0v) is 7.69. The molecule has 0 heterocycles. The molecule has 0 aliphatic heterocycles. The van der Waals surface area contributed by atoms with Crippen LogP contribution in [0.3, 0.4) is 0 Å². The van der Waals surface area contributed by atoms with Gasteiger partial charge in [-0.05, 0) is 11.6 Å². The third-order valence-corrected chi connectivity index (χ3v) is 1.95. The Bertz CT molecular complexity index is 391. The summed E-state index contributed by atoms with van der Waals surface area (Å²) >= 11 is 5.47. The van der Waals surface area contributed by atoms with Crippen molar-refractivity contribution in [1.82, 2.24) is 0 Å². The number of nitro benzene ring substituents is 1. The number of carbonyl (C=O) groups is 1. The first kappa shape index (κ1) is 10.5. The Hall–Kier alpha value is -1.62. The minimum atomic E-state index is -1.33. The highest BCUT2D eigenvalue weighted by Gasteiger charge is 2.19. The number of hydrogen-bond donors (Lipinski definition) is 1. The van der Waals surface area contributed by atoms with E-state index in [1.165, 1.54) is 12.1 Å².